The van der Waals surface area contributed by atoms with E-state index in [9.17, 15) is 0 Å². The van der Waals surface area contributed by atoms with E-state index in [1.165, 1.54) is 22.6 Å². The van der Waals surface area contributed by atoms with Gasteiger partial charge in [-0.3, -0.25) is 0 Å². The van der Waals surface area contributed by atoms with Gasteiger partial charge in [0.15, 0.2) is 0 Å². The summed E-state index contributed by atoms with van der Waals surface area (Å²) in [5.41, 5.74) is 1.53. The van der Waals surface area contributed by atoms with Crippen molar-refractivity contribution in [2.45, 2.75) is 32.1 Å². The van der Waals surface area contributed by atoms with E-state index >= 15 is 0 Å². The van der Waals surface area contributed by atoms with Crippen LogP contribution in [0.25, 0.3) is 0 Å². The van der Waals surface area contributed by atoms with Gasteiger partial charge in [-0.25, -0.2) is 0 Å². The fraction of sp³-hybridized carbons (Fsp3) is 0.500. The molecule has 1 heterocycles. The summed E-state index contributed by atoms with van der Waals surface area (Å²) in [5.74, 6) is 2.11. The molecule has 1 heteroatoms. The molecule has 0 saturated heterocycles. The molecular weight excluding hydrogens is 176 g/mol. The first-order valence-corrected chi connectivity index (χ1v) is 5.89. The van der Waals surface area contributed by atoms with Crippen LogP contribution in [-0.4, -0.2) is 5.75 Å². The summed E-state index contributed by atoms with van der Waals surface area (Å²) in [7, 11) is 0. The number of fused-ring (bicyclic) bond motifs is 1. The molecule has 0 unspecified atom stereocenters. The predicted molar refractivity (Wildman–Crippen MR) is 61.4 cm³/mol. The van der Waals surface area contributed by atoms with Gasteiger partial charge in [0.2, 0.25) is 0 Å². The standard InChI is InChI=1S/C8H8S.C4H10/c1-2-4-8-7(3-1)5-6-9-8;1-4(2)3/h1-4H,5-6H2;4H,1-3H3. The molecule has 0 N–H and O–H groups in total. The summed E-state index contributed by atoms with van der Waals surface area (Å²) in [6, 6.07) is 8.64. The molecule has 0 atom stereocenters. The summed E-state index contributed by atoms with van der Waals surface area (Å²) < 4.78 is 0. The van der Waals surface area contributed by atoms with Crippen molar-refractivity contribution < 1.29 is 0 Å². The number of benzene rings is 1. The van der Waals surface area contributed by atoms with E-state index in [0.29, 0.717) is 0 Å². The van der Waals surface area contributed by atoms with Crippen LogP contribution in [0.5, 0.6) is 0 Å². The lowest BCUT2D eigenvalue weighted by Gasteiger charge is -1.92. The molecule has 0 spiro atoms. The van der Waals surface area contributed by atoms with Crippen LogP contribution >= 0.6 is 11.8 Å². The maximum atomic E-state index is 2.22. The van der Waals surface area contributed by atoms with E-state index in [4.69, 9.17) is 0 Å². The number of hydrogen-bond donors (Lipinski definition) is 0. The zero-order valence-corrected chi connectivity index (χ0v) is 9.53. The highest BCUT2D eigenvalue weighted by atomic mass is 32.2. The van der Waals surface area contributed by atoms with Gasteiger partial charge in [-0.15, -0.1) is 11.8 Å². The fourth-order valence-corrected chi connectivity index (χ4v) is 2.19. The minimum Gasteiger partial charge on any atom is -0.126 e. The lowest BCUT2D eigenvalue weighted by molar-refractivity contribution is 0.737. The van der Waals surface area contributed by atoms with Gasteiger partial charge in [0.05, 0.1) is 0 Å². The Kier molecular flexibility index (Phi) is 4.37. The van der Waals surface area contributed by atoms with Gasteiger partial charge in [-0.1, -0.05) is 39.0 Å². The zero-order chi connectivity index (χ0) is 9.68. The number of aryl methyl sites for hydroxylation is 1. The molecule has 1 aromatic rings. The first kappa shape index (κ1) is 10.6. The maximum Gasteiger partial charge on any atom is 0.0104 e. The Morgan fingerprint density at radius 3 is 2.38 bits per heavy atom. The molecule has 0 aromatic heterocycles. The minimum absolute atomic E-state index is 0.833. The van der Waals surface area contributed by atoms with Gasteiger partial charge in [-0.05, 0) is 24.0 Å². The molecule has 0 fully saturated rings. The molecule has 0 amide bonds. The first-order chi connectivity index (χ1) is 6.20. The Morgan fingerprint density at radius 2 is 1.77 bits per heavy atom. The van der Waals surface area contributed by atoms with E-state index in [1.807, 2.05) is 11.8 Å². The first-order valence-electron chi connectivity index (χ1n) is 4.91. The summed E-state index contributed by atoms with van der Waals surface area (Å²) in [5, 5.41) is 0. The predicted octanol–water partition coefficient (Wildman–Crippen LogP) is 4.00. The number of thioether (sulfide) groups is 1. The van der Waals surface area contributed by atoms with Gasteiger partial charge in [0.1, 0.15) is 0 Å². The third-order valence-corrected chi connectivity index (χ3v) is 2.72. The van der Waals surface area contributed by atoms with Crippen LogP contribution in [0.3, 0.4) is 0 Å². The number of rotatable bonds is 0. The molecule has 0 nitrogen and oxygen atoms in total. The van der Waals surface area contributed by atoms with E-state index in [2.05, 4.69) is 45.0 Å². The average Bonchev–Trinajstić information content (AvgIpc) is 2.49. The van der Waals surface area contributed by atoms with E-state index in [0.717, 1.165) is 5.92 Å². The molecule has 13 heavy (non-hydrogen) atoms. The lowest BCUT2D eigenvalue weighted by Crippen LogP contribution is -1.76. The molecule has 72 valence electrons. The average molecular weight is 194 g/mol. The molecule has 2 rings (SSSR count). The second-order valence-electron chi connectivity index (χ2n) is 3.94. The van der Waals surface area contributed by atoms with Gasteiger partial charge < -0.3 is 0 Å². The highest BCUT2D eigenvalue weighted by Crippen LogP contribution is 2.30. The van der Waals surface area contributed by atoms with Crippen molar-refractivity contribution in [3.8, 4) is 0 Å². The molecule has 0 aliphatic carbocycles. The molecule has 0 saturated carbocycles. The molecular formula is C12H18S. The van der Waals surface area contributed by atoms with E-state index in [-0.39, 0.29) is 0 Å². The molecule has 1 aromatic carbocycles. The molecule has 0 radical (unpaired) electrons. The maximum absolute atomic E-state index is 2.22. The van der Waals surface area contributed by atoms with Gasteiger partial charge in [0.25, 0.3) is 0 Å². The second-order valence-corrected chi connectivity index (χ2v) is 5.07. The van der Waals surface area contributed by atoms with Crippen molar-refractivity contribution in [2.75, 3.05) is 5.75 Å². The van der Waals surface area contributed by atoms with Crippen molar-refractivity contribution in [2.24, 2.45) is 5.92 Å². The second kappa shape index (κ2) is 5.33. The van der Waals surface area contributed by atoms with Crippen molar-refractivity contribution >= 4 is 11.8 Å². The molecule has 0 bridgehead atoms. The summed E-state index contributed by atoms with van der Waals surface area (Å²) >= 11 is 1.97. The van der Waals surface area contributed by atoms with Gasteiger partial charge in [0, 0.05) is 10.6 Å². The van der Waals surface area contributed by atoms with Crippen molar-refractivity contribution in [3.63, 3.8) is 0 Å². The van der Waals surface area contributed by atoms with Gasteiger partial charge in [-0.2, -0.15) is 0 Å². The Bertz CT molecular complexity index is 227. The Labute approximate surface area is 85.7 Å². The Hall–Kier alpha value is -0.430. The van der Waals surface area contributed by atoms with Crippen LogP contribution in [0.2, 0.25) is 0 Å². The Balaban J connectivity index is 0.000000184. The quantitative estimate of drug-likeness (QED) is 0.601. The minimum atomic E-state index is 0.833. The summed E-state index contributed by atoms with van der Waals surface area (Å²) in [4.78, 5) is 1.48. The SMILES string of the molecule is CC(C)C.c1ccc2c(c1)CCS2. The van der Waals surface area contributed by atoms with E-state index < -0.39 is 0 Å². The Morgan fingerprint density at radius 1 is 1.15 bits per heavy atom. The lowest BCUT2D eigenvalue weighted by atomic mass is 10.2. The fourth-order valence-electron chi connectivity index (χ4n) is 1.12. The van der Waals surface area contributed by atoms with Crippen LogP contribution in [-0.2, 0) is 6.42 Å². The largest absolute Gasteiger partial charge is 0.126 e. The molecule has 1 aliphatic rings. The van der Waals surface area contributed by atoms with Crippen LogP contribution < -0.4 is 0 Å². The topological polar surface area (TPSA) is 0 Å². The van der Waals surface area contributed by atoms with Gasteiger partial charge >= 0.3 is 0 Å². The monoisotopic (exact) mass is 194 g/mol. The summed E-state index contributed by atoms with van der Waals surface area (Å²) in [6.45, 7) is 6.50. The number of hydrogen-bond acceptors (Lipinski definition) is 1. The summed E-state index contributed by atoms with van der Waals surface area (Å²) in [6.07, 6.45) is 1.26. The normalized spacial score (nSPS) is 13.5. The van der Waals surface area contributed by atoms with Crippen molar-refractivity contribution in [1.29, 1.82) is 0 Å². The van der Waals surface area contributed by atoms with Crippen LogP contribution in [0, 0.1) is 5.92 Å². The highest BCUT2D eigenvalue weighted by molar-refractivity contribution is 7.99. The highest BCUT2D eigenvalue weighted by Gasteiger charge is 2.07. The van der Waals surface area contributed by atoms with Crippen molar-refractivity contribution in [3.05, 3.63) is 29.8 Å². The molecule has 1 aliphatic heterocycles. The van der Waals surface area contributed by atoms with E-state index in [1.54, 1.807) is 0 Å². The van der Waals surface area contributed by atoms with Crippen LogP contribution in [0.1, 0.15) is 26.3 Å². The third kappa shape index (κ3) is 3.86. The van der Waals surface area contributed by atoms with Crippen LogP contribution in [0.15, 0.2) is 29.2 Å². The van der Waals surface area contributed by atoms with Crippen molar-refractivity contribution in [1.82, 2.24) is 0 Å². The smallest absolute Gasteiger partial charge is 0.0104 e. The zero-order valence-electron chi connectivity index (χ0n) is 8.71. The van der Waals surface area contributed by atoms with Crippen LogP contribution in [0.4, 0.5) is 0 Å². The third-order valence-electron chi connectivity index (χ3n) is 1.60.